The van der Waals surface area contributed by atoms with E-state index in [2.05, 4.69) is 84.2 Å². The summed E-state index contributed by atoms with van der Waals surface area (Å²) in [5, 5.41) is 0. The molecule has 0 atom stereocenters. The average Bonchev–Trinajstić information content (AvgIpc) is 2.74. The second-order valence-electron chi connectivity index (χ2n) is 7.90. The maximum atomic E-state index is 2.30. The van der Waals surface area contributed by atoms with E-state index in [1.165, 1.54) is 75.3 Å². The van der Waals surface area contributed by atoms with Gasteiger partial charge in [-0.3, -0.25) is 0 Å². The van der Waals surface area contributed by atoms with Crippen LogP contribution in [0.25, 0.3) is 12.2 Å². The van der Waals surface area contributed by atoms with Crippen molar-refractivity contribution in [1.29, 1.82) is 0 Å². The largest absolute Gasteiger partial charge is 1.00 e. The first kappa shape index (κ1) is 29.0. The summed E-state index contributed by atoms with van der Waals surface area (Å²) in [4.78, 5) is 0. The highest BCUT2D eigenvalue weighted by Crippen LogP contribution is 2.07. The van der Waals surface area contributed by atoms with Crippen LogP contribution in [0.5, 0.6) is 0 Å². The molecule has 0 amide bonds. The standard InChI is InChI=1S/C26H40N2.2BrH/c1-3-5-7-9-11-19-27-21-15-25(16-22-27)13-14-26-17-23-28(24-18-26)20-12-10-8-6-4-2;;/h13-18,21-24H,3-12,19-20H2,1-2H3;2*1H/q+2;;/p-2. The molecule has 0 aromatic carbocycles. The molecule has 0 fully saturated rings. The monoisotopic (exact) mass is 538 g/mol. The molecule has 0 N–H and O–H groups in total. The molecular weight excluding hydrogens is 500 g/mol. The van der Waals surface area contributed by atoms with Crippen molar-refractivity contribution in [2.75, 3.05) is 0 Å². The summed E-state index contributed by atoms with van der Waals surface area (Å²) in [6, 6.07) is 8.84. The van der Waals surface area contributed by atoms with Crippen LogP contribution in [-0.2, 0) is 13.1 Å². The number of hydrogen-bond acceptors (Lipinski definition) is 0. The molecule has 0 aliphatic heterocycles. The summed E-state index contributed by atoms with van der Waals surface area (Å²) in [6.45, 7) is 6.79. The zero-order valence-corrected chi connectivity index (χ0v) is 22.1. The Bertz CT molecular complexity index is 607. The molecule has 2 heterocycles. The van der Waals surface area contributed by atoms with Gasteiger partial charge in [-0.15, -0.1) is 0 Å². The number of hydrogen-bond donors (Lipinski definition) is 0. The average molecular weight is 540 g/mol. The topological polar surface area (TPSA) is 7.76 Å². The first-order chi connectivity index (χ1) is 13.8. The summed E-state index contributed by atoms with van der Waals surface area (Å²) >= 11 is 0. The molecule has 0 aliphatic rings. The van der Waals surface area contributed by atoms with Crippen molar-refractivity contribution in [2.24, 2.45) is 0 Å². The molecule has 0 saturated heterocycles. The Morgan fingerprint density at radius 3 is 1.20 bits per heavy atom. The summed E-state index contributed by atoms with van der Waals surface area (Å²) in [7, 11) is 0. The number of pyridine rings is 2. The molecule has 0 aliphatic carbocycles. The normalized spacial score (nSPS) is 10.6. The zero-order valence-electron chi connectivity index (χ0n) is 18.9. The van der Waals surface area contributed by atoms with Crippen LogP contribution in [0.1, 0.15) is 89.2 Å². The summed E-state index contributed by atoms with van der Waals surface area (Å²) < 4.78 is 4.60. The molecule has 168 valence electrons. The Balaban J connectivity index is 0.00000420. The van der Waals surface area contributed by atoms with Crippen molar-refractivity contribution in [3.63, 3.8) is 0 Å². The third-order valence-corrected chi connectivity index (χ3v) is 5.34. The van der Waals surface area contributed by atoms with Gasteiger partial charge in [-0.05, 0) is 24.0 Å². The van der Waals surface area contributed by atoms with Crippen LogP contribution in [0, 0.1) is 0 Å². The lowest BCUT2D eigenvalue weighted by atomic mass is 10.1. The Morgan fingerprint density at radius 1 is 0.533 bits per heavy atom. The second-order valence-corrected chi connectivity index (χ2v) is 7.90. The summed E-state index contributed by atoms with van der Waals surface area (Å²) in [5.41, 5.74) is 2.52. The van der Waals surface area contributed by atoms with E-state index >= 15 is 0 Å². The minimum Gasteiger partial charge on any atom is -1.00 e. The van der Waals surface area contributed by atoms with Crippen molar-refractivity contribution < 1.29 is 43.1 Å². The number of unbranched alkanes of at least 4 members (excludes halogenated alkanes) is 8. The quantitative estimate of drug-likeness (QED) is 0.242. The smallest absolute Gasteiger partial charge is 0.169 e. The molecule has 0 bridgehead atoms. The Hall–Kier alpha value is -1.00. The molecule has 0 saturated carbocycles. The van der Waals surface area contributed by atoms with E-state index < -0.39 is 0 Å². The van der Waals surface area contributed by atoms with Crippen molar-refractivity contribution in [3.05, 3.63) is 60.2 Å². The van der Waals surface area contributed by atoms with Gasteiger partial charge in [0.25, 0.3) is 0 Å². The van der Waals surface area contributed by atoms with Gasteiger partial charge in [-0.2, -0.15) is 0 Å². The zero-order chi connectivity index (χ0) is 19.9. The van der Waals surface area contributed by atoms with Crippen molar-refractivity contribution in [1.82, 2.24) is 0 Å². The molecule has 0 spiro atoms. The minimum atomic E-state index is 0. The lowest BCUT2D eigenvalue weighted by Crippen LogP contribution is -3.00. The maximum Gasteiger partial charge on any atom is 0.169 e. The Kier molecular flexibility index (Phi) is 18.1. The number of aryl methyl sites for hydroxylation is 2. The van der Waals surface area contributed by atoms with Gasteiger partial charge in [-0.25, -0.2) is 9.13 Å². The van der Waals surface area contributed by atoms with Gasteiger partial charge in [-0.1, -0.05) is 64.5 Å². The lowest BCUT2D eigenvalue weighted by Gasteiger charge is -1.99. The third kappa shape index (κ3) is 12.6. The number of nitrogens with zero attached hydrogens (tertiary/aromatic N) is 2. The highest BCUT2D eigenvalue weighted by molar-refractivity contribution is 5.68. The summed E-state index contributed by atoms with van der Waals surface area (Å²) in [5.74, 6) is 0. The van der Waals surface area contributed by atoms with Gasteiger partial charge in [0.2, 0.25) is 0 Å². The minimum absolute atomic E-state index is 0. The fourth-order valence-corrected chi connectivity index (χ4v) is 3.45. The molecule has 2 nitrogen and oxygen atoms in total. The van der Waals surface area contributed by atoms with E-state index in [1.807, 2.05) is 0 Å². The SMILES string of the molecule is CCCCCCC[n+]1ccc(C=Cc2cc[n+](CCCCCCC)cc2)cc1.[Br-].[Br-]. The predicted molar refractivity (Wildman–Crippen MR) is 120 cm³/mol. The first-order valence-corrected chi connectivity index (χ1v) is 11.5. The predicted octanol–water partition coefficient (Wildman–Crippen LogP) is 0.381. The van der Waals surface area contributed by atoms with Crippen LogP contribution >= 0.6 is 0 Å². The van der Waals surface area contributed by atoms with Gasteiger partial charge >= 0.3 is 0 Å². The van der Waals surface area contributed by atoms with Gasteiger partial charge < -0.3 is 34.0 Å². The van der Waals surface area contributed by atoms with Crippen LogP contribution in [0.15, 0.2) is 49.1 Å². The Morgan fingerprint density at radius 2 is 0.867 bits per heavy atom. The fourth-order valence-electron chi connectivity index (χ4n) is 3.45. The van der Waals surface area contributed by atoms with Crippen LogP contribution in [0.2, 0.25) is 0 Å². The maximum absolute atomic E-state index is 2.30. The second kappa shape index (κ2) is 18.7. The van der Waals surface area contributed by atoms with Gasteiger partial charge in [0.15, 0.2) is 24.8 Å². The molecule has 0 radical (unpaired) electrons. The van der Waals surface area contributed by atoms with Gasteiger partial charge in [0.1, 0.15) is 13.1 Å². The van der Waals surface area contributed by atoms with Crippen molar-refractivity contribution in [3.8, 4) is 0 Å². The molecule has 2 aromatic rings. The van der Waals surface area contributed by atoms with Crippen molar-refractivity contribution in [2.45, 2.75) is 91.1 Å². The first-order valence-electron chi connectivity index (χ1n) is 11.5. The molecule has 2 aromatic heterocycles. The molecule has 30 heavy (non-hydrogen) atoms. The number of halogens is 2. The van der Waals surface area contributed by atoms with Gasteiger partial charge in [0, 0.05) is 37.1 Å². The number of rotatable bonds is 14. The fraction of sp³-hybridized carbons (Fsp3) is 0.538. The van der Waals surface area contributed by atoms with Crippen LogP contribution in [0.4, 0.5) is 0 Å². The molecule has 2 rings (SSSR count). The number of aromatic nitrogens is 2. The van der Waals surface area contributed by atoms with Crippen LogP contribution in [0.3, 0.4) is 0 Å². The highest BCUT2D eigenvalue weighted by Gasteiger charge is 2.01. The van der Waals surface area contributed by atoms with E-state index in [1.54, 1.807) is 0 Å². The third-order valence-electron chi connectivity index (χ3n) is 5.34. The molecule has 4 heteroatoms. The summed E-state index contributed by atoms with van der Waals surface area (Å²) in [6.07, 6.45) is 26.6. The van der Waals surface area contributed by atoms with Gasteiger partial charge in [0.05, 0.1) is 0 Å². The van der Waals surface area contributed by atoms with E-state index in [9.17, 15) is 0 Å². The molecular formula is C26H40Br2N2. The molecule has 0 unspecified atom stereocenters. The van der Waals surface area contributed by atoms with Crippen LogP contribution in [-0.4, -0.2) is 0 Å². The van der Waals surface area contributed by atoms with E-state index in [4.69, 9.17) is 0 Å². The van der Waals surface area contributed by atoms with E-state index in [-0.39, 0.29) is 34.0 Å². The van der Waals surface area contributed by atoms with Crippen molar-refractivity contribution >= 4 is 12.2 Å². The highest BCUT2D eigenvalue weighted by atomic mass is 79.9. The van der Waals surface area contributed by atoms with E-state index in [0.717, 1.165) is 13.1 Å². The van der Waals surface area contributed by atoms with Crippen LogP contribution < -0.4 is 43.1 Å². The Labute approximate surface area is 206 Å². The lowest BCUT2D eigenvalue weighted by molar-refractivity contribution is -0.697. The van der Waals surface area contributed by atoms with E-state index in [0.29, 0.717) is 0 Å².